The first-order valence-electron chi connectivity index (χ1n) is 9.05. The van der Waals surface area contributed by atoms with Gasteiger partial charge in [-0.25, -0.2) is 10.9 Å². The Bertz CT molecular complexity index is 743. The molecule has 0 radical (unpaired) electrons. The summed E-state index contributed by atoms with van der Waals surface area (Å²) >= 11 is 3.23. The normalized spacial score (nSPS) is 24.7. The molecule has 0 aliphatic carbocycles. The second-order valence-corrected chi connectivity index (χ2v) is 7.67. The van der Waals surface area contributed by atoms with Crippen LogP contribution >= 0.6 is 15.9 Å². The summed E-state index contributed by atoms with van der Waals surface area (Å²) in [5.41, 5.74) is 8.15. The third kappa shape index (κ3) is 4.01. The van der Waals surface area contributed by atoms with Gasteiger partial charge in [0, 0.05) is 25.2 Å². The highest BCUT2D eigenvalue weighted by molar-refractivity contribution is 9.10. The van der Waals surface area contributed by atoms with Gasteiger partial charge in [-0.05, 0) is 52.9 Å². The number of nitrogens with one attached hydrogen (secondary N) is 3. The third-order valence-electron chi connectivity index (χ3n) is 5.19. The van der Waals surface area contributed by atoms with Crippen LogP contribution in [0.2, 0.25) is 0 Å². The van der Waals surface area contributed by atoms with Gasteiger partial charge in [0.1, 0.15) is 0 Å². The van der Waals surface area contributed by atoms with Gasteiger partial charge < -0.3 is 9.73 Å². The summed E-state index contributed by atoms with van der Waals surface area (Å²) in [4.78, 5) is 14.7. The number of furan rings is 1. The second-order valence-electron chi connectivity index (χ2n) is 6.89. The maximum absolute atomic E-state index is 12.2. The van der Waals surface area contributed by atoms with E-state index in [4.69, 9.17) is 4.42 Å². The number of amides is 1. The quantitative estimate of drug-likeness (QED) is 0.711. The number of carbonyl (C=O) groups excluding carboxylic acids is 1. The molecule has 4 rings (SSSR count). The number of hydrogen-bond acceptors (Lipinski definition) is 5. The van der Waals surface area contributed by atoms with Crippen LogP contribution in [-0.4, -0.2) is 36.1 Å². The zero-order valence-electron chi connectivity index (χ0n) is 14.5. The maximum atomic E-state index is 12.2. The van der Waals surface area contributed by atoms with Gasteiger partial charge in [-0.15, -0.1) is 0 Å². The summed E-state index contributed by atoms with van der Waals surface area (Å²) in [7, 11) is 0. The Hall–Kier alpha value is -1.67. The average molecular weight is 419 g/mol. The highest BCUT2D eigenvalue weighted by Crippen LogP contribution is 2.25. The number of benzene rings is 1. The highest BCUT2D eigenvalue weighted by atomic mass is 79.9. The van der Waals surface area contributed by atoms with E-state index in [2.05, 4.69) is 61.3 Å². The van der Waals surface area contributed by atoms with Crippen molar-refractivity contribution in [2.45, 2.75) is 37.5 Å². The zero-order chi connectivity index (χ0) is 17.9. The van der Waals surface area contributed by atoms with E-state index in [0.29, 0.717) is 22.6 Å². The van der Waals surface area contributed by atoms with Crippen molar-refractivity contribution >= 4 is 21.8 Å². The molecule has 138 valence electrons. The molecule has 2 aliphatic rings. The molecule has 3 heterocycles. The molecule has 2 aliphatic heterocycles. The topological polar surface area (TPSA) is 69.5 Å². The van der Waals surface area contributed by atoms with Crippen molar-refractivity contribution in [3.63, 3.8) is 0 Å². The SMILES string of the molecule is O=C(NC1CCN(C2CC(c3ccccc3)NN2)CC1)c1ccc(Br)o1. The summed E-state index contributed by atoms with van der Waals surface area (Å²) in [6.07, 6.45) is 3.27. The molecule has 1 aromatic heterocycles. The number of rotatable bonds is 4. The van der Waals surface area contributed by atoms with Gasteiger partial charge in [-0.1, -0.05) is 30.3 Å². The number of halogens is 1. The molecule has 2 saturated heterocycles. The van der Waals surface area contributed by atoms with Gasteiger partial charge in [0.05, 0.1) is 6.17 Å². The van der Waals surface area contributed by atoms with Crippen molar-refractivity contribution in [1.29, 1.82) is 0 Å². The molecule has 1 amide bonds. The number of hydrogen-bond donors (Lipinski definition) is 3. The molecule has 2 atom stereocenters. The van der Waals surface area contributed by atoms with Gasteiger partial charge in [-0.3, -0.25) is 9.69 Å². The average Bonchev–Trinajstić information content (AvgIpc) is 3.32. The molecular formula is C19H23BrN4O2. The van der Waals surface area contributed by atoms with E-state index < -0.39 is 0 Å². The predicted octanol–water partition coefficient (Wildman–Crippen LogP) is 2.80. The number of likely N-dealkylation sites (tertiary alicyclic amines) is 1. The molecule has 2 unspecified atom stereocenters. The Morgan fingerprint density at radius 1 is 1.12 bits per heavy atom. The van der Waals surface area contributed by atoms with Crippen LogP contribution in [-0.2, 0) is 0 Å². The standard InChI is InChI=1S/C19H23BrN4O2/c20-17-7-6-16(26-17)19(25)21-14-8-10-24(11-9-14)18-12-15(22-23-18)13-4-2-1-3-5-13/h1-7,14-15,18,22-23H,8-12H2,(H,21,25). The Morgan fingerprint density at radius 3 is 2.58 bits per heavy atom. The van der Waals surface area contributed by atoms with Crippen LogP contribution in [0, 0.1) is 0 Å². The fourth-order valence-electron chi connectivity index (χ4n) is 3.73. The first-order valence-corrected chi connectivity index (χ1v) is 9.84. The third-order valence-corrected chi connectivity index (χ3v) is 5.61. The minimum absolute atomic E-state index is 0.140. The molecule has 3 N–H and O–H groups in total. The molecule has 2 aromatic rings. The van der Waals surface area contributed by atoms with Gasteiger partial charge in [-0.2, -0.15) is 0 Å². The lowest BCUT2D eigenvalue weighted by Crippen LogP contribution is -2.51. The Kier molecular flexibility index (Phi) is 5.40. The fourth-order valence-corrected chi connectivity index (χ4v) is 4.04. The van der Waals surface area contributed by atoms with Gasteiger partial charge in [0.15, 0.2) is 10.4 Å². The lowest BCUT2D eigenvalue weighted by molar-refractivity contribution is 0.0852. The van der Waals surface area contributed by atoms with Gasteiger partial charge in [0.2, 0.25) is 0 Å². The maximum Gasteiger partial charge on any atom is 0.287 e. The number of nitrogens with zero attached hydrogens (tertiary/aromatic N) is 1. The predicted molar refractivity (Wildman–Crippen MR) is 102 cm³/mol. The Labute approximate surface area is 161 Å². The summed E-state index contributed by atoms with van der Waals surface area (Å²) in [6.45, 7) is 1.93. The lowest BCUT2D eigenvalue weighted by atomic mass is 10.0. The molecule has 0 bridgehead atoms. The highest BCUT2D eigenvalue weighted by Gasteiger charge is 2.32. The molecule has 0 spiro atoms. The van der Waals surface area contributed by atoms with E-state index in [9.17, 15) is 4.79 Å². The summed E-state index contributed by atoms with van der Waals surface area (Å²) in [6, 6.07) is 14.5. The van der Waals surface area contributed by atoms with E-state index in [1.54, 1.807) is 12.1 Å². The molecule has 0 saturated carbocycles. The molecule has 7 heteroatoms. The van der Waals surface area contributed by atoms with E-state index in [1.807, 2.05) is 6.07 Å². The zero-order valence-corrected chi connectivity index (χ0v) is 16.0. The number of hydrazine groups is 1. The van der Waals surface area contributed by atoms with Crippen molar-refractivity contribution in [3.8, 4) is 0 Å². The van der Waals surface area contributed by atoms with Crippen molar-refractivity contribution < 1.29 is 9.21 Å². The smallest absolute Gasteiger partial charge is 0.287 e. The molecule has 1 aromatic carbocycles. The molecule has 26 heavy (non-hydrogen) atoms. The summed E-state index contributed by atoms with van der Waals surface area (Å²) in [5.74, 6) is 0.214. The minimum Gasteiger partial charge on any atom is -0.444 e. The van der Waals surface area contributed by atoms with Crippen LogP contribution in [0.25, 0.3) is 0 Å². The van der Waals surface area contributed by atoms with E-state index in [-0.39, 0.29) is 11.9 Å². The van der Waals surface area contributed by atoms with Crippen LogP contribution in [0.15, 0.2) is 51.6 Å². The van der Waals surface area contributed by atoms with Crippen molar-refractivity contribution in [2.75, 3.05) is 13.1 Å². The lowest BCUT2D eigenvalue weighted by Gasteiger charge is -2.35. The van der Waals surface area contributed by atoms with Crippen LogP contribution in [0.1, 0.15) is 41.4 Å². The van der Waals surface area contributed by atoms with Crippen LogP contribution < -0.4 is 16.2 Å². The molecule has 6 nitrogen and oxygen atoms in total. The van der Waals surface area contributed by atoms with E-state index in [1.165, 1.54) is 5.56 Å². The van der Waals surface area contributed by atoms with Crippen molar-refractivity contribution in [2.24, 2.45) is 0 Å². The number of piperidine rings is 1. The minimum atomic E-state index is -0.140. The van der Waals surface area contributed by atoms with E-state index in [0.717, 1.165) is 32.4 Å². The molecule has 2 fully saturated rings. The van der Waals surface area contributed by atoms with Crippen LogP contribution in [0.4, 0.5) is 0 Å². The van der Waals surface area contributed by atoms with Crippen molar-refractivity contribution in [3.05, 3.63) is 58.5 Å². The first kappa shape index (κ1) is 17.7. The monoisotopic (exact) mass is 418 g/mol. The summed E-state index contributed by atoms with van der Waals surface area (Å²) < 4.78 is 5.89. The Morgan fingerprint density at radius 2 is 1.88 bits per heavy atom. The molecular weight excluding hydrogens is 396 g/mol. The van der Waals surface area contributed by atoms with Gasteiger partial charge in [0.25, 0.3) is 5.91 Å². The van der Waals surface area contributed by atoms with Crippen molar-refractivity contribution in [1.82, 2.24) is 21.1 Å². The summed E-state index contributed by atoms with van der Waals surface area (Å²) in [5, 5.41) is 3.08. The Balaban J connectivity index is 1.26. The van der Waals surface area contributed by atoms with Crippen LogP contribution in [0.5, 0.6) is 0 Å². The number of carbonyl (C=O) groups is 1. The van der Waals surface area contributed by atoms with Gasteiger partial charge >= 0.3 is 0 Å². The first-order chi connectivity index (χ1) is 12.7. The second kappa shape index (κ2) is 7.92. The van der Waals surface area contributed by atoms with E-state index >= 15 is 0 Å². The fraction of sp³-hybridized carbons (Fsp3) is 0.421. The largest absolute Gasteiger partial charge is 0.444 e. The van der Waals surface area contributed by atoms with Crippen LogP contribution in [0.3, 0.4) is 0 Å².